The molecule has 50 heavy (non-hydrogen) atoms. The van der Waals surface area contributed by atoms with Gasteiger partial charge in [0, 0.05) is 19.7 Å². The lowest BCUT2D eigenvalue weighted by atomic mass is 9.77. The molecule has 2 rings (SSSR count). The molecule has 2 aliphatic rings. The number of nitrogens with one attached hydrogen (secondary N) is 2. The highest BCUT2D eigenvalue weighted by molar-refractivity contribution is 5.79. The van der Waals surface area contributed by atoms with Crippen molar-refractivity contribution in [3.63, 3.8) is 0 Å². The zero-order valence-electron chi connectivity index (χ0n) is 32.0. The van der Waals surface area contributed by atoms with E-state index in [9.17, 15) is 30.0 Å². The van der Waals surface area contributed by atoms with Gasteiger partial charge in [-0.1, -0.05) is 58.1 Å². The fourth-order valence-electron chi connectivity index (χ4n) is 6.90. The Hall–Kier alpha value is -2.08. The van der Waals surface area contributed by atoms with Crippen molar-refractivity contribution in [2.24, 2.45) is 29.6 Å². The molecule has 0 bridgehead atoms. The van der Waals surface area contributed by atoms with Crippen LogP contribution in [0.3, 0.4) is 0 Å². The fraction of sp³-hybridized carbons (Fsp3) is 0.800. The molecule has 0 aliphatic carbocycles. The highest BCUT2D eigenvalue weighted by Gasteiger charge is 2.44. The van der Waals surface area contributed by atoms with Crippen LogP contribution in [0.1, 0.15) is 113 Å². The molecule has 1 spiro atoms. The summed E-state index contributed by atoms with van der Waals surface area (Å²) in [5.41, 5.74) is 0.771. The molecule has 0 aromatic heterocycles. The van der Waals surface area contributed by atoms with Crippen LogP contribution in [0.2, 0.25) is 0 Å². The van der Waals surface area contributed by atoms with Gasteiger partial charge in [0.05, 0.1) is 55.1 Å². The van der Waals surface area contributed by atoms with Crippen LogP contribution in [0.15, 0.2) is 36.0 Å². The minimum Gasteiger partial charge on any atom is -0.392 e. The van der Waals surface area contributed by atoms with Gasteiger partial charge in [0.2, 0.25) is 11.8 Å². The van der Waals surface area contributed by atoms with Gasteiger partial charge in [-0.2, -0.15) is 0 Å². The summed E-state index contributed by atoms with van der Waals surface area (Å²) in [4.78, 5) is 25.2. The normalized spacial score (nSPS) is 27.5. The predicted molar refractivity (Wildman–Crippen MR) is 198 cm³/mol. The summed E-state index contributed by atoms with van der Waals surface area (Å²) >= 11 is 0. The highest BCUT2D eigenvalue weighted by Crippen LogP contribution is 2.42. The van der Waals surface area contributed by atoms with E-state index in [1.807, 2.05) is 32.9 Å². The number of aliphatic hydroxyl groups excluding tert-OH is 4. The van der Waals surface area contributed by atoms with Crippen molar-refractivity contribution in [3.8, 4) is 0 Å². The van der Waals surface area contributed by atoms with Gasteiger partial charge in [-0.05, 0) is 108 Å². The Balaban J connectivity index is 1.70. The summed E-state index contributed by atoms with van der Waals surface area (Å²) in [5, 5.41) is 46.1. The number of hydrogen-bond donors (Lipinski definition) is 6. The van der Waals surface area contributed by atoms with E-state index >= 15 is 0 Å². The van der Waals surface area contributed by atoms with E-state index < -0.39 is 30.3 Å². The van der Waals surface area contributed by atoms with Gasteiger partial charge in [-0.3, -0.25) is 9.59 Å². The van der Waals surface area contributed by atoms with Crippen molar-refractivity contribution >= 4 is 11.8 Å². The monoisotopic (exact) mass is 707 g/mol. The number of carbonyl (C=O) groups is 2. The van der Waals surface area contributed by atoms with Crippen LogP contribution in [0.4, 0.5) is 0 Å². The first-order valence-electron chi connectivity index (χ1n) is 19.1. The number of aliphatic hydroxyl groups is 4. The Labute approximate surface area is 302 Å². The summed E-state index contributed by atoms with van der Waals surface area (Å²) < 4.78 is 12.9. The van der Waals surface area contributed by atoms with Crippen LogP contribution in [0.25, 0.3) is 0 Å². The van der Waals surface area contributed by atoms with Gasteiger partial charge >= 0.3 is 0 Å². The molecule has 2 saturated heterocycles. The Morgan fingerprint density at radius 3 is 2.42 bits per heavy atom. The third-order valence-electron chi connectivity index (χ3n) is 10.7. The van der Waals surface area contributed by atoms with Crippen molar-refractivity contribution in [1.29, 1.82) is 0 Å². The first-order chi connectivity index (χ1) is 23.7. The van der Waals surface area contributed by atoms with Gasteiger partial charge in [0.15, 0.2) is 0 Å². The van der Waals surface area contributed by atoms with Crippen molar-refractivity contribution < 1.29 is 39.5 Å². The first kappa shape index (κ1) is 44.1. The maximum atomic E-state index is 12.8. The first-order valence-corrected chi connectivity index (χ1v) is 19.1. The Kier molecular flexibility index (Phi) is 20.1. The van der Waals surface area contributed by atoms with E-state index in [1.165, 1.54) is 0 Å². The summed E-state index contributed by atoms with van der Waals surface area (Å²) in [5.74, 6) is -0.227. The molecule has 0 saturated carbocycles. The van der Waals surface area contributed by atoms with Gasteiger partial charge in [0.1, 0.15) is 0 Å². The molecule has 2 aliphatic heterocycles. The molecule has 10 nitrogen and oxygen atoms in total. The average molecular weight is 707 g/mol. The van der Waals surface area contributed by atoms with E-state index in [0.29, 0.717) is 43.7 Å². The second-order valence-electron chi connectivity index (χ2n) is 15.5. The van der Waals surface area contributed by atoms with Crippen molar-refractivity contribution in [1.82, 2.24) is 10.6 Å². The predicted octanol–water partition coefficient (Wildman–Crippen LogP) is 4.99. The molecule has 11 atom stereocenters. The second-order valence-corrected chi connectivity index (χ2v) is 15.5. The zero-order valence-corrected chi connectivity index (χ0v) is 32.0. The van der Waals surface area contributed by atoms with Crippen molar-refractivity contribution in [2.45, 2.75) is 149 Å². The van der Waals surface area contributed by atoms with Crippen LogP contribution in [0.5, 0.6) is 0 Å². The van der Waals surface area contributed by atoms with Gasteiger partial charge in [-0.25, -0.2) is 0 Å². The van der Waals surface area contributed by atoms with Crippen LogP contribution in [-0.4, -0.2) is 94.7 Å². The number of ether oxygens (including phenoxy) is 2. The summed E-state index contributed by atoms with van der Waals surface area (Å²) in [7, 11) is 0. The molecule has 288 valence electrons. The minimum atomic E-state index is -1.05. The summed E-state index contributed by atoms with van der Waals surface area (Å²) in [6.45, 7) is 15.4. The molecule has 10 heteroatoms. The Morgan fingerprint density at radius 2 is 1.72 bits per heavy atom. The van der Waals surface area contributed by atoms with E-state index in [4.69, 9.17) is 9.47 Å². The number of allylic oxidation sites excluding steroid dienone is 3. The van der Waals surface area contributed by atoms with E-state index in [1.54, 1.807) is 26.0 Å². The third kappa shape index (κ3) is 16.1. The quantitative estimate of drug-likeness (QED) is 0.0720. The Bertz CT molecular complexity index is 1090. The van der Waals surface area contributed by atoms with E-state index in [-0.39, 0.29) is 42.4 Å². The third-order valence-corrected chi connectivity index (χ3v) is 10.7. The van der Waals surface area contributed by atoms with Gasteiger partial charge in [-0.15, -0.1) is 0 Å². The second kappa shape index (κ2) is 22.8. The van der Waals surface area contributed by atoms with Crippen molar-refractivity contribution in [3.05, 3.63) is 36.0 Å². The highest BCUT2D eigenvalue weighted by atomic mass is 16.6. The van der Waals surface area contributed by atoms with Crippen LogP contribution < -0.4 is 10.6 Å². The van der Waals surface area contributed by atoms with Gasteiger partial charge in [0.25, 0.3) is 0 Å². The maximum absolute atomic E-state index is 12.8. The maximum Gasteiger partial charge on any atom is 0.225 e. The molecule has 2 amide bonds. The Morgan fingerprint density at radius 1 is 1.00 bits per heavy atom. The summed E-state index contributed by atoms with van der Waals surface area (Å²) in [6.07, 6.45) is 14.5. The smallest absolute Gasteiger partial charge is 0.225 e. The van der Waals surface area contributed by atoms with Crippen LogP contribution in [0, 0.1) is 29.6 Å². The van der Waals surface area contributed by atoms with Crippen LogP contribution in [-0.2, 0) is 19.1 Å². The number of amides is 2. The summed E-state index contributed by atoms with van der Waals surface area (Å²) in [6, 6.07) is 0. The minimum absolute atomic E-state index is 0.0764. The molecule has 6 N–H and O–H groups in total. The van der Waals surface area contributed by atoms with E-state index in [2.05, 4.69) is 30.6 Å². The number of rotatable bonds is 21. The topological polar surface area (TPSA) is 158 Å². The van der Waals surface area contributed by atoms with Crippen LogP contribution >= 0.6 is 0 Å². The molecule has 11 unspecified atom stereocenters. The van der Waals surface area contributed by atoms with E-state index in [0.717, 1.165) is 57.1 Å². The molecule has 0 aromatic carbocycles. The molecular weight excluding hydrogens is 636 g/mol. The number of hydrogen-bond acceptors (Lipinski definition) is 8. The molecular formula is C40H70N2O8. The molecule has 0 aromatic rings. The standard InChI is InChI=1S/C40H70N2O8/c1-8-12-34(44)14-10-9-13-28(3)35(45)22-38(47)42-24-36(46)31(6)39(48)41-20-11-15-37-29(4)18-19-40(50-37)23-33(25-49-26-40)17-16-27(2)21-30(5)32(7)43/h8-10,12,21,27-29,31-37,43-46H,11,13-20,22-26H2,1-7H3,(H,41,48)(H,42,47)/b10-9+,12-8+,30-21+. The molecule has 2 fully saturated rings. The lowest BCUT2D eigenvalue weighted by Gasteiger charge is -2.48. The lowest BCUT2D eigenvalue weighted by Crippen LogP contribution is -2.51. The number of carbonyl (C=O) groups excluding carboxylic acids is 2. The lowest BCUT2D eigenvalue weighted by molar-refractivity contribution is -0.211. The molecule has 2 heterocycles. The van der Waals surface area contributed by atoms with Crippen molar-refractivity contribution in [2.75, 3.05) is 26.3 Å². The fourth-order valence-corrected chi connectivity index (χ4v) is 6.90. The largest absolute Gasteiger partial charge is 0.392 e. The zero-order chi connectivity index (χ0) is 37.3. The van der Waals surface area contributed by atoms with Gasteiger partial charge < -0.3 is 40.5 Å². The SMILES string of the molecule is C/C=C/C(O)C/C=C/CC(C)C(O)CC(=O)NCC(O)C(C)C(=O)NCCCC1OC2(CCC1C)COCC(CCC(C)/C=C(\C)C(C)O)C2. The average Bonchev–Trinajstić information content (AvgIpc) is 3.07. The molecule has 0 radical (unpaired) electrons.